The summed E-state index contributed by atoms with van der Waals surface area (Å²) in [6, 6.07) is 67.3. The minimum absolute atomic E-state index is 0.0104. The van der Waals surface area contributed by atoms with Crippen LogP contribution in [0.1, 0.15) is 132 Å². The first-order valence-electron chi connectivity index (χ1n) is 39.8. The highest BCUT2D eigenvalue weighted by molar-refractivity contribution is 7.92. The van der Waals surface area contributed by atoms with Gasteiger partial charge in [0.15, 0.2) is 22.6 Å². The molecular formula is C97H97Cl3N16O6S. The Bertz CT molecular complexity index is 6690. The second-order valence-electron chi connectivity index (χ2n) is 34.1. The van der Waals surface area contributed by atoms with Gasteiger partial charge < -0.3 is 20.7 Å². The highest BCUT2D eigenvalue weighted by Crippen LogP contribution is 2.40. The van der Waals surface area contributed by atoms with Gasteiger partial charge in [-0.1, -0.05) is 203 Å². The van der Waals surface area contributed by atoms with E-state index >= 15 is 0 Å². The van der Waals surface area contributed by atoms with Gasteiger partial charge >= 0.3 is 0 Å². The molecule has 0 unspecified atom stereocenters. The maximum atomic E-state index is 12.8. The Balaban J connectivity index is 0.000000141. The Morgan fingerprint density at radius 2 is 0.699 bits per heavy atom. The van der Waals surface area contributed by atoms with Crippen LogP contribution in [0.15, 0.2) is 248 Å². The number of fused-ring (bicyclic) bond motifs is 4. The summed E-state index contributed by atoms with van der Waals surface area (Å²) in [6.07, 6.45) is 7.71. The number of carbonyl (C=O) groups excluding carboxylic acids is 3. The Hall–Kier alpha value is -12.9. The lowest BCUT2D eigenvalue weighted by molar-refractivity contribution is -0.115. The van der Waals surface area contributed by atoms with E-state index in [0.717, 1.165) is 140 Å². The maximum Gasteiger partial charge on any atom is 0.263 e. The minimum atomic E-state index is -3.89. The monoisotopic (exact) mass is 1720 g/mol. The zero-order valence-electron chi connectivity index (χ0n) is 71.7. The Morgan fingerprint density at radius 3 is 1.02 bits per heavy atom. The van der Waals surface area contributed by atoms with Gasteiger partial charge in [-0.05, 0) is 184 Å². The first-order valence-corrected chi connectivity index (χ1v) is 42.5. The van der Waals surface area contributed by atoms with Crippen molar-refractivity contribution in [2.75, 3.05) is 27.8 Å². The predicted molar refractivity (Wildman–Crippen MR) is 497 cm³/mol. The number of aromatic nitrogens is 12. The van der Waals surface area contributed by atoms with E-state index in [9.17, 15) is 22.8 Å². The molecule has 8 heterocycles. The highest BCUT2D eigenvalue weighted by Gasteiger charge is 2.27. The molecule has 16 aromatic rings. The SMILES string of the molecule is COc1ccc(C(=O)Nc2ccc(-c3cc(C(C)(C)C)nc4c3cnn4C)cc2)cc1.Cn1ncc2c(-c3ccc(NC(=O)Cc4ccccc4)cc3)cc(C(C)(C)C)nc21.Cn1ncc2c(-c3ccc(NC(=O)c4ccc(Cl)cc4)cc3)cc(C(C)(C)C)nc21.Cn1ncc2c(-c3ccc(NS(=O)(=O)c4cccc(Cl)c4Cl)cc3)cc(C(C)(C)C)nc21. The van der Waals surface area contributed by atoms with Gasteiger partial charge in [0.05, 0.1) is 48.4 Å². The zero-order valence-corrected chi connectivity index (χ0v) is 74.7. The molecule has 0 atom stereocenters. The molecule has 26 heteroatoms. The van der Waals surface area contributed by atoms with Crippen LogP contribution in [0.3, 0.4) is 0 Å². The molecule has 0 fully saturated rings. The molecule has 123 heavy (non-hydrogen) atoms. The number of pyridine rings is 4. The molecule has 0 saturated heterocycles. The molecule has 4 N–H and O–H groups in total. The van der Waals surface area contributed by atoms with Crippen molar-refractivity contribution in [3.05, 3.63) is 298 Å². The Morgan fingerprint density at radius 1 is 0.382 bits per heavy atom. The lowest BCUT2D eigenvalue weighted by Gasteiger charge is -2.19. The third-order valence-corrected chi connectivity index (χ3v) is 23.2. The zero-order chi connectivity index (χ0) is 88.2. The molecule has 16 rings (SSSR count). The number of hydrogen-bond donors (Lipinski definition) is 4. The fourth-order valence-corrected chi connectivity index (χ4v) is 15.5. The van der Waals surface area contributed by atoms with Gasteiger partial charge in [-0.3, -0.25) is 37.8 Å². The fourth-order valence-electron chi connectivity index (χ4n) is 13.5. The number of nitrogens with zero attached hydrogens (tertiary/aromatic N) is 12. The quantitative estimate of drug-likeness (QED) is 0.0744. The second-order valence-corrected chi connectivity index (χ2v) is 36.9. The summed E-state index contributed by atoms with van der Waals surface area (Å²) in [5.41, 5.74) is 20.1. The number of hydrogen-bond acceptors (Lipinski definition) is 14. The van der Waals surface area contributed by atoms with Crippen molar-refractivity contribution in [3.8, 4) is 50.3 Å². The van der Waals surface area contributed by atoms with Crippen LogP contribution < -0.4 is 25.4 Å². The Kier molecular flexibility index (Phi) is 25.7. The summed E-state index contributed by atoms with van der Waals surface area (Å²) in [6.45, 7) is 25.7. The fraction of sp³-hybridized carbons (Fsp3) is 0.227. The van der Waals surface area contributed by atoms with Gasteiger partial charge in [-0.15, -0.1) is 0 Å². The summed E-state index contributed by atoms with van der Waals surface area (Å²) in [5.74, 6) is 0.356. The summed E-state index contributed by atoms with van der Waals surface area (Å²) >= 11 is 18.0. The van der Waals surface area contributed by atoms with E-state index in [4.69, 9.17) is 59.5 Å². The van der Waals surface area contributed by atoms with E-state index < -0.39 is 10.0 Å². The van der Waals surface area contributed by atoms with Gasteiger partial charge in [0.1, 0.15) is 10.6 Å². The summed E-state index contributed by atoms with van der Waals surface area (Å²) in [4.78, 5) is 56.5. The average Bonchev–Trinajstić information content (AvgIpc) is 1.69. The van der Waals surface area contributed by atoms with Gasteiger partial charge in [0.25, 0.3) is 21.8 Å². The van der Waals surface area contributed by atoms with Crippen LogP contribution in [0.25, 0.3) is 88.6 Å². The number of benzene rings is 8. The molecule has 0 spiro atoms. The van der Waals surface area contributed by atoms with Crippen LogP contribution in [-0.2, 0) is 71.1 Å². The number of methoxy groups -OCH3 is 1. The number of anilines is 4. The van der Waals surface area contributed by atoms with Crippen molar-refractivity contribution in [1.82, 2.24) is 59.1 Å². The van der Waals surface area contributed by atoms with Crippen molar-refractivity contribution in [2.24, 2.45) is 28.2 Å². The molecule has 8 aromatic carbocycles. The predicted octanol–water partition coefficient (Wildman–Crippen LogP) is 22.2. The normalized spacial score (nSPS) is 11.8. The number of aryl methyl sites for hydroxylation is 4. The van der Waals surface area contributed by atoms with E-state index in [-0.39, 0.29) is 54.3 Å². The number of nitrogens with one attached hydrogen (secondary N) is 4. The van der Waals surface area contributed by atoms with E-state index in [1.807, 2.05) is 167 Å². The van der Waals surface area contributed by atoms with Crippen molar-refractivity contribution in [2.45, 2.75) is 116 Å². The molecule has 0 aliphatic heterocycles. The molecule has 0 aliphatic rings. The molecule has 3 amide bonds. The number of amides is 3. The minimum Gasteiger partial charge on any atom is -0.497 e. The largest absolute Gasteiger partial charge is 0.497 e. The number of halogens is 3. The van der Waals surface area contributed by atoms with Crippen LogP contribution in [0.4, 0.5) is 22.7 Å². The summed E-state index contributed by atoms with van der Waals surface area (Å²) in [7, 11) is 5.30. The van der Waals surface area contributed by atoms with E-state index in [0.29, 0.717) is 28.3 Å². The summed E-state index contributed by atoms with van der Waals surface area (Å²) in [5, 5.41) is 31.1. The number of carbonyl (C=O) groups is 3. The highest BCUT2D eigenvalue weighted by atomic mass is 35.5. The second kappa shape index (κ2) is 36.0. The first kappa shape index (κ1) is 87.9. The van der Waals surface area contributed by atoms with Crippen LogP contribution in [-0.4, -0.2) is 92.3 Å². The van der Waals surface area contributed by atoms with Gasteiger partial charge in [0.2, 0.25) is 5.91 Å². The molecule has 0 bridgehead atoms. The van der Waals surface area contributed by atoms with Crippen LogP contribution in [0, 0.1) is 0 Å². The molecular weight excluding hydrogens is 1620 g/mol. The van der Waals surface area contributed by atoms with E-state index in [2.05, 4.69) is 148 Å². The third kappa shape index (κ3) is 20.7. The van der Waals surface area contributed by atoms with Crippen LogP contribution in [0.2, 0.25) is 15.1 Å². The van der Waals surface area contributed by atoms with Crippen LogP contribution >= 0.6 is 34.8 Å². The average molecular weight is 1720 g/mol. The Labute approximate surface area is 731 Å². The number of ether oxygens (including phenoxy) is 1. The summed E-state index contributed by atoms with van der Waals surface area (Å²) < 4.78 is 40.4. The lowest BCUT2D eigenvalue weighted by Crippen LogP contribution is -2.14. The van der Waals surface area contributed by atoms with E-state index in [1.165, 1.54) is 12.1 Å². The molecule has 0 aliphatic carbocycles. The van der Waals surface area contributed by atoms with Crippen molar-refractivity contribution in [1.29, 1.82) is 0 Å². The molecule has 628 valence electrons. The third-order valence-electron chi connectivity index (χ3n) is 20.6. The van der Waals surface area contributed by atoms with Crippen molar-refractivity contribution in [3.63, 3.8) is 0 Å². The lowest BCUT2D eigenvalue weighted by atomic mass is 9.89. The number of sulfonamides is 1. The smallest absolute Gasteiger partial charge is 0.263 e. The van der Waals surface area contributed by atoms with Gasteiger partial charge in [0, 0.05) is 133 Å². The standard InChI is InChI=1S/C25H26N4O2.C25H26N4O.C24H23ClN4O.C23H22Cl2N4O2S/c1-25(2,3)22-14-20(21-15-26-29(4)23(21)28-22)16-6-10-18(11-7-16)27-24(30)17-8-12-19(31-5)13-9-17;1-25(2,3)22-15-20(21-16-26-29(4)24(21)28-22)18-10-12-19(13-11-18)27-23(30)14-17-8-6-5-7-9-17;1-24(2,3)21-13-19(20-14-26-29(4)22(20)28-21)15-7-11-18(12-8-15)27-23(30)16-5-9-17(25)10-6-16;1-23(2,3)20-12-16(17-13-26-29(4)22(17)27-20)14-8-10-15(11-9-14)28-32(30,31)19-7-5-6-18(24)21(19)25/h6-15H,1-5H3,(H,27,30);5-13,15-16H,14H2,1-4H3,(H,27,30);5-14H,1-4H3,(H,27,30);5-13,28H,1-4H3. The van der Waals surface area contributed by atoms with Gasteiger partial charge in [-0.2, -0.15) is 20.4 Å². The number of rotatable bonds is 15. The van der Waals surface area contributed by atoms with Gasteiger partial charge in [-0.25, -0.2) is 28.4 Å². The molecule has 22 nitrogen and oxygen atoms in total. The van der Waals surface area contributed by atoms with Crippen LogP contribution in [0.5, 0.6) is 5.75 Å². The molecule has 0 radical (unpaired) electrons. The first-order chi connectivity index (χ1) is 58.3. The van der Waals surface area contributed by atoms with Crippen molar-refractivity contribution >= 4 is 129 Å². The molecule has 0 saturated carbocycles. The van der Waals surface area contributed by atoms with Crippen molar-refractivity contribution < 1.29 is 27.5 Å². The van der Waals surface area contributed by atoms with E-state index in [1.54, 1.807) is 94.1 Å². The maximum absolute atomic E-state index is 12.8. The molecule has 8 aromatic heterocycles. The topological polar surface area (TPSA) is 266 Å².